The van der Waals surface area contributed by atoms with Crippen LogP contribution in [-0.2, 0) is 6.54 Å². The van der Waals surface area contributed by atoms with Crippen LogP contribution in [0.4, 0.5) is 13.2 Å². The second-order valence-corrected chi connectivity index (χ2v) is 9.96. The SMILES string of the molecule is CC(C)Oc1ccc(C2=NN(Cc3oc4cccc(F)c4c(=O)c3-c3cccc(F)c3)C3N=CN=C(N)C23)cc1F. The second kappa shape index (κ2) is 10.2. The van der Waals surface area contributed by atoms with E-state index in [0.717, 1.165) is 6.07 Å². The quantitative estimate of drug-likeness (QED) is 0.349. The standard InChI is InChI=1S/C30H24F3N5O3/c1-15(2)40-21-10-9-17(12-20(21)33)27-26-29(34)35-14-36-30(26)38(37-27)13-23-24(16-5-3-6-18(31)11-16)28(39)25-19(32)7-4-8-22(25)41-23/h3-12,14-15,26,30H,13H2,1-2H3,(H2,34,35,36). The van der Waals surface area contributed by atoms with Gasteiger partial charge in [-0.25, -0.2) is 23.2 Å². The van der Waals surface area contributed by atoms with Gasteiger partial charge in [-0.3, -0.25) is 9.80 Å². The third-order valence-corrected chi connectivity index (χ3v) is 6.83. The van der Waals surface area contributed by atoms with Crippen LogP contribution < -0.4 is 15.9 Å². The maximum Gasteiger partial charge on any atom is 0.203 e. The van der Waals surface area contributed by atoms with E-state index in [4.69, 9.17) is 20.0 Å². The lowest BCUT2D eigenvalue weighted by molar-refractivity contribution is 0.199. The highest BCUT2D eigenvalue weighted by Gasteiger charge is 2.42. The van der Waals surface area contributed by atoms with Gasteiger partial charge in [0.1, 0.15) is 46.5 Å². The molecule has 0 spiro atoms. The Kier molecular flexibility index (Phi) is 6.56. The number of ether oxygens (including phenoxy) is 1. The van der Waals surface area contributed by atoms with Crippen LogP contribution in [0.15, 0.2) is 85.0 Å². The molecule has 0 aliphatic carbocycles. The van der Waals surface area contributed by atoms with E-state index in [1.54, 1.807) is 31.0 Å². The number of aliphatic imine (C=N–C) groups is 2. The van der Waals surface area contributed by atoms with Gasteiger partial charge in [0.05, 0.1) is 23.9 Å². The molecular weight excluding hydrogens is 535 g/mol. The summed E-state index contributed by atoms with van der Waals surface area (Å²) in [6.07, 6.45) is 0.402. The van der Waals surface area contributed by atoms with Crippen molar-refractivity contribution in [3.05, 3.63) is 99.7 Å². The Morgan fingerprint density at radius 1 is 1.02 bits per heavy atom. The highest BCUT2D eigenvalue weighted by Crippen LogP contribution is 2.34. The Balaban J connectivity index is 1.47. The Hall–Kier alpha value is -4.93. The molecule has 208 valence electrons. The van der Waals surface area contributed by atoms with E-state index < -0.39 is 35.0 Å². The molecule has 2 aliphatic heterocycles. The molecule has 0 saturated carbocycles. The molecule has 2 atom stereocenters. The number of rotatable bonds is 6. The predicted molar refractivity (Wildman–Crippen MR) is 149 cm³/mol. The topological polar surface area (TPSA) is 106 Å². The first-order chi connectivity index (χ1) is 19.7. The molecule has 41 heavy (non-hydrogen) atoms. The molecule has 3 aromatic carbocycles. The number of nitrogens with zero attached hydrogens (tertiary/aromatic N) is 4. The normalized spacial score (nSPS) is 18.0. The van der Waals surface area contributed by atoms with Gasteiger partial charge in [-0.1, -0.05) is 18.2 Å². The molecule has 11 heteroatoms. The zero-order valence-corrected chi connectivity index (χ0v) is 22.0. The van der Waals surface area contributed by atoms with Gasteiger partial charge in [0, 0.05) is 5.56 Å². The largest absolute Gasteiger partial charge is 0.488 e. The zero-order chi connectivity index (χ0) is 28.8. The summed E-state index contributed by atoms with van der Waals surface area (Å²) in [4.78, 5) is 22.2. The van der Waals surface area contributed by atoms with Crippen molar-refractivity contribution in [2.75, 3.05) is 0 Å². The minimum absolute atomic E-state index is 0.00930. The molecule has 8 nitrogen and oxygen atoms in total. The molecule has 0 bridgehead atoms. The Morgan fingerprint density at radius 2 is 1.83 bits per heavy atom. The van der Waals surface area contributed by atoms with Crippen LogP contribution in [0.3, 0.4) is 0 Å². The fraction of sp³-hybridized carbons (Fsp3) is 0.200. The average molecular weight is 560 g/mol. The van der Waals surface area contributed by atoms with Crippen LogP contribution in [0, 0.1) is 23.4 Å². The van der Waals surface area contributed by atoms with Gasteiger partial charge < -0.3 is 14.9 Å². The summed E-state index contributed by atoms with van der Waals surface area (Å²) in [7, 11) is 0. The summed E-state index contributed by atoms with van der Waals surface area (Å²) in [5, 5.41) is 6.01. The van der Waals surface area contributed by atoms with Gasteiger partial charge in [0.25, 0.3) is 0 Å². The Bertz CT molecular complexity index is 1830. The lowest BCUT2D eigenvalue weighted by atomic mass is 9.93. The van der Waals surface area contributed by atoms with Crippen molar-refractivity contribution in [2.24, 2.45) is 26.7 Å². The van der Waals surface area contributed by atoms with Crippen LogP contribution in [0.5, 0.6) is 5.75 Å². The third-order valence-electron chi connectivity index (χ3n) is 6.83. The van der Waals surface area contributed by atoms with Crippen molar-refractivity contribution in [2.45, 2.75) is 32.7 Å². The molecule has 6 rings (SSSR count). The van der Waals surface area contributed by atoms with Crippen molar-refractivity contribution < 1.29 is 22.3 Å². The Labute approximate surface area is 232 Å². The second-order valence-electron chi connectivity index (χ2n) is 9.96. The molecule has 0 saturated heterocycles. The van der Waals surface area contributed by atoms with E-state index in [9.17, 15) is 18.0 Å². The van der Waals surface area contributed by atoms with Crippen LogP contribution in [0.2, 0.25) is 0 Å². The number of nitrogens with two attached hydrogens (primary N) is 1. The first-order valence-electron chi connectivity index (χ1n) is 12.9. The highest BCUT2D eigenvalue weighted by atomic mass is 19.1. The number of benzene rings is 3. The van der Waals surface area contributed by atoms with E-state index in [2.05, 4.69) is 9.98 Å². The van der Waals surface area contributed by atoms with Gasteiger partial charge in [-0.2, -0.15) is 5.10 Å². The van der Waals surface area contributed by atoms with Crippen LogP contribution in [0.25, 0.3) is 22.1 Å². The van der Waals surface area contributed by atoms with E-state index in [1.807, 2.05) is 0 Å². The monoisotopic (exact) mass is 559 g/mol. The van der Waals surface area contributed by atoms with Gasteiger partial charge in [0.15, 0.2) is 17.7 Å². The molecule has 2 aliphatic rings. The summed E-state index contributed by atoms with van der Waals surface area (Å²) in [6, 6.07) is 14.0. The maximum atomic E-state index is 14.9. The van der Waals surface area contributed by atoms with Gasteiger partial charge in [-0.15, -0.1) is 0 Å². The number of hydrogen-bond donors (Lipinski definition) is 1. The van der Waals surface area contributed by atoms with E-state index in [1.165, 1.54) is 48.8 Å². The summed E-state index contributed by atoms with van der Waals surface area (Å²) in [6.45, 7) is 3.48. The van der Waals surface area contributed by atoms with Crippen molar-refractivity contribution in [1.29, 1.82) is 0 Å². The lowest BCUT2D eigenvalue weighted by Gasteiger charge is -2.26. The molecule has 0 amide bonds. The number of hydrogen-bond acceptors (Lipinski definition) is 8. The number of amidine groups is 1. The molecule has 3 heterocycles. The third kappa shape index (κ3) is 4.73. The van der Waals surface area contributed by atoms with Crippen molar-refractivity contribution in [3.63, 3.8) is 0 Å². The summed E-state index contributed by atoms with van der Waals surface area (Å²) in [5.74, 6) is -2.08. The van der Waals surface area contributed by atoms with Crippen LogP contribution in [-0.4, -0.2) is 35.2 Å². The van der Waals surface area contributed by atoms with Gasteiger partial charge in [-0.05, 0) is 61.9 Å². The minimum Gasteiger partial charge on any atom is -0.488 e. The minimum atomic E-state index is -0.755. The molecule has 2 unspecified atom stereocenters. The number of fused-ring (bicyclic) bond motifs is 2. The molecule has 4 aromatic rings. The maximum absolute atomic E-state index is 14.9. The fourth-order valence-corrected chi connectivity index (χ4v) is 5.09. The summed E-state index contributed by atoms with van der Waals surface area (Å²) in [5.41, 5.74) is 6.70. The summed E-state index contributed by atoms with van der Waals surface area (Å²) < 4.78 is 55.5. The molecule has 2 N–H and O–H groups in total. The first kappa shape index (κ1) is 26.3. The van der Waals surface area contributed by atoms with Crippen molar-refractivity contribution in [3.8, 4) is 16.9 Å². The number of hydrazone groups is 1. The fourth-order valence-electron chi connectivity index (χ4n) is 5.09. The molecule has 1 aromatic heterocycles. The van der Waals surface area contributed by atoms with E-state index in [0.29, 0.717) is 11.3 Å². The first-order valence-corrected chi connectivity index (χ1v) is 12.9. The molecule has 0 fully saturated rings. The van der Waals surface area contributed by atoms with Gasteiger partial charge >= 0.3 is 0 Å². The lowest BCUT2D eigenvalue weighted by Crippen LogP contribution is -2.42. The van der Waals surface area contributed by atoms with Crippen molar-refractivity contribution in [1.82, 2.24) is 5.01 Å². The van der Waals surface area contributed by atoms with Gasteiger partial charge in [0.2, 0.25) is 5.43 Å². The average Bonchev–Trinajstić information content (AvgIpc) is 3.29. The van der Waals surface area contributed by atoms with Crippen LogP contribution in [0.1, 0.15) is 25.2 Å². The van der Waals surface area contributed by atoms with E-state index >= 15 is 0 Å². The molecule has 0 radical (unpaired) electrons. The van der Waals surface area contributed by atoms with Crippen LogP contribution >= 0.6 is 0 Å². The molecular formula is C30H24F3N5O3. The number of halogens is 3. The zero-order valence-electron chi connectivity index (χ0n) is 22.0. The summed E-state index contributed by atoms with van der Waals surface area (Å²) >= 11 is 0. The Morgan fingerprint density at radius 3 is 2.59 bits per heavy atom. The van der Waals surface area contributed by atoms with E-state index in [-0.39, 0.29) is 52.1 Å². The van der Waals surface area contributed by atoms with Crippen molar-refractivity contribution >= 4 is 28.9 Å². The smallest absolute Gasteiger partial charge is 0.203 e. The highest BCUT2D eigenvalue weighted by molar-refractivity contribution is 6.17. The predicted octanol–water partition coefficient (Wildman–Crippen LogP) is 5.23.